The minimum atomic E-state index is -3.88. The van der Waals surface area contributed by atoms with Crippen LogP contribution in [0.2, 0.25) is 5.02 Å². The zero-order valence-corrected chi connectivity index (χ0v) is 38.7. The molecule has 1 aromatic carbocycles. The number of fused-ring (bicyclic) bond motifs is 2. The van der Waals surface area contributed by atoms with Gasteiger partial charge in [-0.3, -0.25) is 14.3 Å². The molecule has 0 saturated carbocycles. The van der Waals surface area contributed by atoms with Gasteiger partial charge in [-0.05, 0) is 105 Å². The number of aliphatic hydroxyl groups excluding tert-OH is 1. The van der Waals surface area contributed by atoms with Gasteiger partial charge in [0.1, 0.15) is 17.3 Å². The van der Waals surface area contributed by atoms with E-state index in [1.165, 1.54) is 0 Å². The molecule has 10 rings (SSSR count). The number of sulfonamides is 1. The Morgan fingerprint density at radius 3 is 2.19 bits per heavy atom. The molecule has 6 atom stereocenters. The third-order valence-corrected chi connectivity index (χ3v) is 14.4. The molecule has 0 spiro atoms. The van der Waals surface area contributed by atoms with Crippen molar-refractivity contribution in [3.05, 3.63) is 106 Å². The number of pyridine rings is 1. The van der Waals surface area contributed by atoms with Gasteiger partial charge in [0, 0.05) is 56.0 Å². The van der Waals surface area contributed by atoms with Crippen LogP contribution in [0.1, 0.15) is 100 Å². The maximum atomic E-state index is 14.8. The van der Waals surface area contributed by atoms with E-state index in [1.807, 2.05) is 48.4 Å². The molecule has 0 radical (unpaired) electrons. The van der Waals surface area contributed by atoms with Crippen LogP contribution in [-0.2, 0) is 10.0 Å². The lowest BCUT2D eigenvalue weighted by molar-refractivity contribution is 0.0575. The Balaban J connectivity index is 0.964. The van der Waals surface area contributed by atoms with Gasteiger partial charge < -0.3 is 30.4 Å². The van der Waals surface area contributed by atoms with Crippen LogP contribution in [0.4, 0.5) is 17.3 Å². The molecule has 4 aliphatic rings. The van der Waals surface area contributed by atoms with Gasteiger partial charge in [-0.25, -0.2) is 32.4 Å². The molecular weight excluding hydrogens is 896 g/mol. The van der Waals surface area contributed by atoms with Crippen molar-refractivity contribution in [2.75, 3.05) is 60.0 Å². The third-order valence-electron chi connectivity index (χ3n) is 13.5. The van der Waals surface area contributed by atoms with Crippen molar-refractivity contribution in [3.63, 3.8) is 0 Å². The van der Waals surface area contributed by atoms with Gasteiger partial charge in [0.2, 0.25) is 10.0 Å². The summed E-state index contributed by atoms with van der Waals surface area (Å²) in [5.41, 5.74) is 10.5. The van der Waals surface area contributed by atoms with E-state index in [0.29, 0.717) is 95.9 Å². The van der Waals surface area contributed by atoms with Gasteiger partial charge in [0.25, 0.3) is 11.8 Å². The number of imidazole rings is 2. The van der Waals surface area contributed by atoms with Crippen molar-refractivity contribution in [1.29, 1.82) is 5.26 Å². The van der Waals surface area contributed by atoms with Gasteiger partial charge in [0.05, 0.1) is 71.5 Å². The fraction of sp³-hybridized carbons (Fsp3) is 0.435. The van der Waals surface area contributed by atoms with Crippen molar-refractivity contribution in [1.82, 2.24) is 44.0 Å². The summed E-state index contributed by atoms with van der Waals surface area (Å²) in [7, 11) is -3.88. The number of carbonyl (C=O) groups excluding carboxylic acids is 2. The Morgan fingerprint density at radius 1 is 0.836 bits per heavy atom. The van der Waals surface area contributed by atoms with Crippen LogP contribution in [0.5, 0.6) is 0 Å². The molecule has 4 fully saturated rings. The number of nitrogens with zero attached hydrogens (tertiary/aromatic N) is 12. The average molecular weight is 948 g/mol. The molecule has 67 heavy (non-hydrogen) atoms. The Bertz CT molecular complexity index is 3060. The molecule has 19 nitrogen and oxygen atoms in total. The monoisotopic (exact) mass is 946 g/mol. The number of rotatable bonds is 9. The van der Waals surface area contributed by atoms with E-state index >= 15 is 0 Å². The van der Waals surface area contributed by atoms with Gasteiger partial charge in [0.15, 0.2) is 11.3 Å². The fourth-order valence-corrected chi connectivity index (χ4v) is 11.0. The molecule has 4 N–H and O–H groups in total. The number of aromatic nitrogens is 7. The molecule has 21 heteroatoms. The zero-order chi connectivity index (χ0) is 46.7. The molecule has 2 amide bonds. The van der Waals surface area contributed by atoms with E-state index in [4.69, 9.17) is 37.5 Å². The molecule has 4 aliphatic heterocycles. The lowest BCUT2D eigenvalue weighted by Gasteiger charge is -2.39. The first-order valence-corrected chi connectivity index (χ1v) is 24.9. The number of benzene rings is 1. The predicted octanol–water partition coefficient (Wildman–Crippen LogP) is 4.49. The van der Waals surface area contributed by atoms with Crippen molar-refractivity contribution in [2.24, 2.45) is 11.7 Å². The van der Waals surface area contributed by atoms with Crippen molar-refractivity contribution in [2.45, 2.75) is 75.6 Å². The van der Waals surface area contributed by atoms with Crippen LogP contribution in [-0.4, -0.2) is 127 Å². The molecule has 5 aromatic heterocycles. The lowest BCUT2D eigenvalue weighted by atomic mass is 9.83. The number of nitrogens with two attached hydrogens (primary N) is 1. The van der Waals surface area contributed by atoms with E-state index in [9.17, 15) is 28.4 Å². The Morgan fingerprint density at radius 2 is 1.54 bits per heavy atom. The van der Waals surface area contributed by atoms with Crippen molar-refractivity contribution >= 4 is 62.1 Å². The lowest BCUT2D eigenvalue weighted by Crippen LogP contribution is -2.41. The Labute approximate surface area is 392 Å². The summed E-state index contributed by atoms with van der Waals surface area (Å²) in [6, 6.07) is 17.3. The third kappa shape index (κ3) is 8.84. The summed E-state index contributed by atoms with van der Waals surface area (Å²) in [5, 5.41) is 29.7. The summed E-state index contributed by atoms with van der Waals surface area (Å²) >= 11 is 7.21. The van der Waals surface area contributed by atoms with Crippen LogP contribution < -0.4 is 20.3 Å². The maximum absolute atomic E-state index is 14.8. The molecule has 9 heterocycles. The number of halogens is 1. The second kappa shape index (κ2) is 17.7. The van der Waals surface area contributed by atoms with Crippen LogP contribution in [0.25, 0.3) is 11.3 Å². The maximum Gasteiger partial charge on any atom is 0.273 e. The van der Waals surface area contributed by atoms with Crippen LogP contribution in [0, 0.1) is 24.2 Å². The highest BCUT2D eigenvalue weighted by Gasteiger charge is 2.39. The zero-order valence-electron chi connectivity index (χ0n) is 37.1. The van der Waals surface area contributed by atoms with Gasteiger partial charge >= 0.3 is 0 Å². The molecule has 1 unspecified atom stereocenters. The number of likely N-dealkylation sites (tertiary alicyclic amines) is 2. The summed E-state index contributed by atoms with van der Waals surface area (Å²) in [6.07, 6.45) is 7.86. The van der Waals surface area contributed by atoms with Crippen LogP contribution in [0.3, 0.4) is 0 Å². The standard InChI is InChI=1S/C46H51ClN14O5S/c1-27-6-5-7-34(50-27)46(64)59-17-13-28(18-39(59)37-25-61-42(52-37)9-11-43(53-61)56-16-14-30(49)23-56)31-20-35(55-67(2,65)66)32(19-33(31)47)45(63)58-15-4-3-8-38(58)36-24-60-41(51-36)10-12-44(54-60)57-22-29(21-48)40(62)26-57/h5-7,9-12,19-20,24-25,28-30,38-40,55,62H,3-4,8,13-18,22-23,26,49H2,1-2H3/t28?,29-,30+,38+,39+,40+/m1/s1. The molecule has 0 bridgehead atoms. The number of hydrogen-bond donors (Lipinski definition) is 3. The van der Waals surface area contributed by atoms with Crippen LogP contribution in [0.15, 0.2) is 67.0 Å². The largest absolute Gasteiger partial charge is 0.390 e. The van der Waals surface area contributed by atoms with Crippen LogP contribution >= 0.6 is 11.6 Å². The smallest absolute Gasteiger partial charge is 0.273 e. The first-order chi connectivity index (χ1) is 32.2. The highest BCUT2D eigenvalue weighted by Crippen LogP contribution is 2.44. The SMILES string of the molecule is Cc1cccc(C(=O)N2CCC(c3cc(NS(C)(=O)=O)c(C(=O)N4CCCC[C@H]4c4cn5nc(N6C[C@@H](C#N)[C@@H](O)C6)ccc5n4)cc3Cl)C[C@H]2c2cn3nc(N4CC[C@H](N)C4)ccc3n2)n1. The fourth-order valence-electron chi connectivity index (χ4n) is 10.1. The second-order valence-electron chi connectivity index (χ2n) is 18.2. The second-order valence-corrected chi connectivity index (χ2v) is 20.4. The number of nitrogens with one attached hydrogen (secondary N) is 1. The first kappa shape index (κ1) is 44.4. The normalized spacial score (nSPS) is 23.6. The number of aliphatic hydroxyl groups is 1. The summed E-state index contributed by atoms with van der Waals surface area (Å²) in [6.45, 7) is 4.71. The number of aryl methyl sites for hydroxylation is 1. The van der Waals surface area contributed by atoms with E-state index in [1.54, 1.807) is 49.3 Å². The van der Waals surface area contributed by atoms with Crippen molar-refractivity contribution in [3.8, 4) is 6.07 Å². The quantitative estimate of drug-likeness (QED) is 0.181. The minimum absolute atomic E-state index is 0.0772. The number of hydrogen-bond acceptors (Lipinski definition) is 14. The van der Waals surface area contributed by atoms with Gasteiger partial charge in [-0.2, -0.15) is 5.26 Å². The number of anilines is 3. The number of piperidine rings is 2. The predicted molar refractivity (Wildman–Crippen MR) is 250 cm³/mol. The summed E-state index contributed by atoms with van der Waals surface area (Å²) < 4.78 is 32.0. The molecule has 0 aliphatic carbocycles. The molecular formula is C46H51ClN14O5S. The number of β-amino-alcohol motifs (C(OH)–C–C–N with tert-alkyl or cyclic N) is 1. The van der Waals surface area contributed by atoms with E-state index in [2.05, 4.69) is 20.7 Å². The molecule has 348 valence electrons. The first-order valence-electron chi connectivity index (χ1n) is 22.6. The molecule has 4 saturated heterocycles. The van der Waals surface area contributed by atoms with Crippen molar-refractivity contribution < 1.29 is 23.1 Å². The summed E-state index contributed by atoms with van der Waals surface area (Å²) in [5.74, 6) is -0.0558. The van der Waals surface area contributed by atoms with E-state index in [0.717, 1.165) is 37.9 Å². The Hall–Kier alpha value is -6.40. The molecule has 6 aromatic rings. The highest BCUT2D eigenvalue weighted by molar-refractivity contribution is 7.92. The van der Waals surface area contributed by atoms with Gasteiger partial charge in [-0.15, -0.1) is 10.2 Å². The Kier molecular flexibility index (Phi) is 11.7. The average Bonchev–Trinajstić information content (AvgIpc) is 4.13. The highest BCUT2D eigenvalue weighted by atomic mass is 35.5. The van der Waals surface area contributed by atoms with E-state index < -0.39 is 40.0 Å². The number of carbonyl (C=O) groups is 2. The minimum Gasteiger partial charge on any atom is -0.390 e. The number of nitriles is 1. The van der Waals surface area contributed by atoms with E-state index in [-0.39, 0.29) is 35.7 Å². The number of amides is 2. The summed E-state index contributed by atoms with van der Waals surface area (Å²) in [4.78, 5) is 51.1. The topological polar surface area (TPSA) is 237 Å². The van der Waals surface area contributed by atoms with Gasteiger partial charge in [-0.1, -0.05) is 17.7 Å².